The number of benzene rings is 2. The topological polar surface area (TPSA) is 23.5 Å². The van der Waals surface area contributed by atoms with Crippen LogP contribution in [0.2, 0.25) is 0 Å². The van der Waals surface area contributed by atoms with Crippen molar-refractivity contribution in [2.75, 3.05) is 4.90 Å². The zero-order chi connectivity index (χ0) is 15.0. The molecule has 2 unspecified atom stereocenters. The lowest BCUT2D eigenvalue weighted by Gasteiger charge is -2.38. The molecule has 1 N–H and O–H groups in total. The Kier molecular flexibility index (Phi) is 4.05. The molecule has 2 atom stereocenters. The van der Waals surface area contributed by atoms with Crippen LogP contribution in [-0.2, 0) is 6.42 Å². The number of anilines is 2. The molecule has 110 valence electrons. The Morgan fingerprint density at radius 1 is 1.19 bits per heavy atom. The molecule has 0 saturated heterocycles. The summed E-state index contributed by atoms with van der Waals surface area (Å²) in [4.78, 5) is 2.37. The lowest BCUT2D eigenvalue weighted by atomic mass is 9.94. The number of aliphatic hydroxyl groups excluding tert-OH is 1. The molecule has 0 amide bonds. The first kappa shape index (κ1) is 14.6. The maximum absolute atomic E-state index is 10.1. The third kappa shape index (κ3) is 2.72. The summed E-state index contributed by atoms with van der Waals surface area (Å²) in [5.41, 5.74) is 4.71. The van der Waals surface area contributed by atoms with Gasteiger partial charge in [0.05, 0.1) is 6.10 Å². The number of fused-ring (bicyclic) bond motifs is 1. The Morgan fingerprint density at radius 2 is 1.95 bits per heavy atom. The molecule has 0 bridgehead atoms. The number of nitrogens with zero attached hydrogens (tertiary/aromatic N) is 1. The maximum Gasteiger partial charge on any atom is 0.0782 e. The van der Waals surface area contributed by atoms with Crippen molar-refractivity contribution >= 4 is 27.3 Å². The number of rotatable bonds is 2. The number of halogens is 1. The van der Waals surface area contributed by atoms with Gasteiger partial charge in [0.15, 0.2) is 0 Å². The Balaban J connectivity index is 2.18. The van der Waals surface area contributed by atoms with Crippen molar-refractivity contribution in [3.63, 3.8) is 0 Å². The van der Waals surface area contributed by atoms with E-state index in [1.165, 1.54) is 11.3 Å². The average Bonchev–Trinajstić information content (AvgIpc) is 2.46. The predicted molar refractivity (Wildman–Crippen MR) is 91.1 cm³/mol. The van der Waals surface area contributed by atoms with Crippen LogP contribution >= 0.6 is 15.9 Å². The van der Waals surface area contributed by atoms with Crippen LogP contribution in [0.15, 0.2) is 46.9 Å². The summed E-state index contributed by atoms with van der Waals surface area (Å²) >= 11 is 3.56. The van der Waals surface area contributed by atoms with E-state index in [0.717, 1.165) is 28.6 Å². The third-order valence-electron chi connectivity index (χ3n) is 4.23. The number of hydrogen-bond donors (Lipinski definition) is 1. The van der Waals surface area contributed by atoms with Gasteiger partial charge in [-0.3, -0.25) is 0 Å². The summed E-state index contributed by atoms with van der Waals surface area (Å²) < 4.78 is 1.04. The van der Waals surface area contributed by atoms with Crippen LogP contribution in [0.25, 0.3) is 0 Å². The summed E-state index contributed by atoms with van der Waals surface area (Å²) in [5, 5.41) is 10.1. The number of hydrogen-bond acceptors (Lipinski definition) is 2. The molecule has 0 aromatic heterocycles. The van der Waals surface area contributed by atoms with Crippen molar-refractivity contribution in [1.29, 1.82) is 0 Å². The minimum Gasteiger partial charge on any atom is -0.389 e. The Labute approximate surface area is 134 Å². The van der Waals surface area contributed by atoms with Gasteiger partial charge in [-0.1, -0.05) is 40.2 Å². The molecular formula is C18H20BrNO. The standard InChI is InChI=1S/C18H20BrNO/c1-12-7-8-14-5-3-4-6-17(14)20(12)18-11-15(19)9-10-16(18)13(2)21/h3-6,9-13,21H,7-8H2,1-2H3. The van der Waals surface area contributed by atoms with Crippen LogP contribution in [0.3, 0.4) is 0 Å². The number of para-hydroxylation sites is 1. The monoisotopic (exact) mass is 345 g/mol. The van der Waals surface area contributed by atoms with E-state index in [4.69, 9.17) is 0 Å². The molecule has 2 aromatic rings. The van der Waals surface area contributed by atoms with Crippen LogP contribution in [-0.4, -0.2) is 11.1 Å². The maximum atomic E-state index is 10.1. The number of aryl methyl sites for hydroxylation is 1. The minimum absolute atomic E-state index is 0.423. The van der Waals surface area contributed by atoms with E-state index in [1.54, 1.807) is 0 Å². The molecular weight excluding hydrogens is 326 g/mol. The average molecular weight is 346 g/mol. The van der Waals surface area contributed by atoms with Gasteiger partial charge in [0, 0.05) is 27.5 Å². The molecule has 0 fully saturated rings. The zero-order valence-corrected chi connectivity index (χ0v) is 14.0. The highest BCUT2D eigenvalue weighted by atomic mass is 79.9. The van der Waals surface area contributed by atoms with E-state index in [2.05, 4.69) is 58.1 Å². The van der Waals surface area contributed by atoms with Gasteiger partial charge in [-0.05, 0) is 50.5 Å². The van der Waals surface area contributed by atoms with E-state index in [-0.39, 0.29) is 0 Å². The molecule has 2 nitrogen and oxygen atoms in total. The fraction of sp³-hybridized carbons (Fsp3) is 0.333. The highest BCUT2D eigenvalue weighted by Gasteiger charge is 2.26. The second-order valence-electron chi connectivity index (χ2n) is 5.77. The summed E-state index contributed by atoms with van der Waals surface area (Å²) in [6, 6.07) is 15.1. The van der Waals surface area contributed by atoms with Crippen molar-refractivity contribution in [2.45, 2.75) is 38.8 Å². The van der Waals surface area contributed by atoms with E-state index in [9.17, 15) is 5.11 Å². The predicted octanol–water partition coefficient (Wildman–Crippen LogP) is 4.98. The van der Waals surface area contributed by atoms with Gasteiger partial charge in [-0.15, -0.1) is 0 Å². The molecule has 0 spiro atoms. The van der Waals surface area contributed by atoms with Crippen molar-refractivity contribution in [1.82, 2.24) is 0 Å². The Bertz CT molecular complexity index is 653. The molecule has 21 heavy (non-hydrogen) atoms. The van der Waals surface area contributed by atoms with E-state index >= 15 is 0 Å². The first-order chi connectivity index (χ1) is 10.1. The lowest BCUT2D eigenvalue weighted by Crippen LogP contribution is -2.34. The van der Waals surface area contributed by atoms with Crippen molar-refractivity contribution in [3.8, 4) is 0 Å². The normalized spacial score (nSPS) is 19.2. The summed E-state index contributed by atoms with van der Waals surface area (Å²) in [5.74, 6) is 0. The molecule has 2 aromatic carbocycles. The van der Waals surface area contributed by atoms with E-state index < -0.39 is 6.10 Å². The van der Waals surface area contributed by atoms with Gasteiger partial charge in [0.2, 0.25) is 0 Å². The second kappa shape index (κ2) is 5.82. The van der Waals surface area contributed by atoms with Gasteiger partial charge in [-0.25, -0.2) is 0 Å². The van der Waals surface area contributed by atoms with Gasteiger partial charge in [-0.2, -0.15) is 0 Å². The van der Waals surface area contributed by atoms with Crippen molar-refractivity contribution in [2.24, 2.45) is 0 Å². The molecule has 0 radical (unpaired) electrons. The van der Waals surface area contributed by atoms with Gasteiger partial charge in [0.25, 0.3) is 0 Å². The van der Waals surface area contributed by atoms with Crippen LogP contribution in [0.5, 0.6) is 0 Å². The molecule has 1 aliphatic rings. The summed E-state index contributed by atoms with van der Waals surface area (Å²) in [6.07, 6.45) is 1.77. The summed E-state index contributed by atoms with van der Waals surface area (Å²) in [7, 11) is 0. The molecule has 0 aliphatic carbocycles. The lowest BCUT2D eigenvalue weighted by molar-refractivity contribution is 0.199. The van der Waals surface area contributed by atoms with E-state index in [0.29, 0.717) is 6.04 Å². The van der Waals surface area contributed by atoms with Crippen molar-refractivity contribution in [3.05, 3.63) is 58.1 Å². The first-order valence-corrected chi connectivity index (χ1v) is 8.22. The Morgan fingerprint density at radius 3 is 2.71 bits per heavy atom. The van der Waals surface area contributed by atoms with Crippen LogP contribution in [0, 0.1) is 0 Å². The van der Waals surface area contributed by atoms with Crippen molar-refractivity contribution < 1.29 is 5.11 Å². The molecule has 1 heterocycles. The molecule has 3 rings (SSSR count). The highest BCUT2D eigenvalue weighted by Crippen LogP contribution is 2.40. The second-order valence-corrected chi connectivity index (χ2v) is 6.68. The quantitative estimate of drug-likeness (QED) is 0.829. The smallest absolute Gasteiger partial charge is 0.0782 e. The zero-order valence-electron chi connectivity index (χ0n) is 12.4. The minimum atomic E-state index is -0.477. The highest BCUT2D eigenvalue weighted by molar-refractivity contribution is 9.10. The third-order valence-corrected chi connectivity index (χ3v) is 4.72. The van der Waals surface area contributed by atoms with E-state index in [1.807, 2.05) is 19.1 Å². The molecule has 0 saturated carbocycles. The molecule has 1 aliphatic heterocycles. The van der Waals surface area contributed by atoms with Gasteiger partial charge in [0.1, 0.15) is 0 Å². The van der Waals surface area contributed by atoms with Crippen LogP contribution < -0.4 is 4.90 Å². The summed E-state index contributed by atoms with van der Waals surface area (Å²) in [6.45, 7) is 4.08. The molecule has 3 heteroatoms. The van der Waals surface area contributed by atoms with Gasteiger partial charge < -0.3 is 10.0 Å². The Hall–Kier alpha value is -1.32. The number of aliphatic hydroxyl groups is 1. The van der Waals surface area contributed by atoms with Crippen LogP contribution in [0.1, 0.15) is 37.5 Å². The SMILES string of the molecule is CC(O)c1ccc(Br)cc1N1c2ccccc2CCC1C. The van der Waals surface area contributed by atoms with Gasteiger partial charge >= 0.3 is 0 Å². The fourth-order valence-corrected chi connectivity index (χ4v) is 3.48. The first-order valence-electron chi connectivity index (χ1n) is 7.42. The fourth-order valence-electron chi connectivity index (χ4n) is 3.13. The largest absolute Gasteiger partial charge is 0.389 e. The van der Waals surface area contributed by atoms with Crippen LogP contribution in [0.4, 0.5) is 11.4 Å².